The maximum absolute atomic E-state index is 13.1. The molecular weight excluding hydrogens is 546 g/mol. The van der Waals surface area contributed by atoms with E-state index in [0.717, 1.165) is 11.1 Å². The standard InChI is InChI=1S/C35H37NO7/c36-32(37)43-42-31-34(39,24-28-17-9-3-10-18-28)35(40,25-29-19-11-4-12-20-29)33(38,23-27-15-7-2-8-16-27)30(41-31)22-21-26-13-5-1-6-14-26/h1-20,30-31,38-40H,21-25H2,(H2,36,37)/t30-,31+,33-,34+,35+/m1/s1. The summed E-state index contributed by atoms with van der Waals surface area (Å²) in [4.78, 5) is 21.7. The second-order valence-electron chi connectivity index (χ2n) is 11.2. The van der Waals surface area contributed by atoms with E-state index in [2.05, 4.69) is 0 Å². The zero-order chi connectivity index (χ0) is 30.3. The first-order valence-corrected chi connectivity index (χ1v) is 14.3. The van der Waals surface area contributed by atoms with Gasteiger partial charge >= 0.3 is 6.09 Å². The monoisotopic (exact) mass is 583 g/mol. The number of carbonyl (C=O) groups excluding carboxylic acids is 1. The third kappa shape index (κ3) is 6.49. The highest BCUT2D eigenvalue weighted by molar-refractivity contribution is 5.63. The molecule has 4 aromatic carbocycles. The van der Waals surface area contributed by atoms with Crippen LogP contribution in [0.5, 0.6) is 0 Å². The van der Waals surface area contributed by atoms with Crippen molar-refractivity contribution in [2.75, 3.05) is 0 Å². The highest BCUT2D eigenvalue weighted by atomic mass is 17.2. The molecule has 1 amide bonds. The molecule has 5 N–H and O–H groups in total. The molecule has 8 heteroatoms. The molecule has 4 aromatic rings. The zero-order valence-electron chi connectivity index (χ0n) is 23.8. The van der Waals surface area contributed by atoms with Crippen molar-refractivity contribution in [3.05, 3.63) is 144 Å². The molecule has 224 valence electrons. The summed E-state index contributed by atoms with van der Waals surface area (Å²) >= 11 is 0. The number of hydrogen-bond acceptors (Lipinski definition) is 7. The van der Waals surface area contributed by atoms with Gasteiger partial charge in [0.05, 0.1) is 6.10 Å². The first kappa shape index (κ1) is 30.4. The van der Waals surface area contributed by atoms with Crippen molar-refractivity contribution in [3.8, 4) is 0 Å². The SMILES string of the molecule is NC(=O)OO[C@@H]1O[C@H](CCc2ccccc2)[C@](O)(Cc2ccccc2)[C@@](O)(Cc2ccccc2)[C@]1(O)Cc1ccccc1. The fourth-order valence-electron chi connectivity index (χ4n) is 6.15. The second-order valence-corrected chi connectivity index (χ2v) is 11.2. The van der Waals surface area contributed by atoms with Crippen molar-refractivity contribution in [2.24, 2.45) is 5.73 Å². The van der Waals surface area contributed by atoms with E-state index in [0.29, 0.717) is 17.5 Å². The Kier molecular flexibility index (Phi) is 9.25. The first-order chi connectivity index (χ1) is 20.7. The largest absolute Gasteiger partial charge is 0.436 e. The molecule has 1 fully saturated rings. The smallest absolute Gasteiger partial charge is 0.384 e. The number of aliphatic hydroxyl groups is 3. The van der Waals surface area contributed by atoms with E-state index in [1.165, 1.54) is 0 Å². The topological polar surface area (TPSA) is 131 Å². The fraction of sp³-hybridized carbons (Fsp3) is 0.286. The molecule has 5 rings (SSSR count). The highest BCUT2D eigenvalue weighted by Gasteiger charge is 2.72. The van der Waals surface area contributed by atoms with Crippen molar-refractivity contribution in [2.45, 2.75) is 61.3 Å². The van der Waals surface area contributed by atoms with E-state index >= 15 is 0 Å². The van der Waals surface area contributed by atoms with Gasteiger partial charge in [-0.1, -0.05) is 121 Å². The van der Waals surface area contributed by atoms with E-state index in [4.69, 9.17) is 20.2 Å². The van der Waals surface area contributed by atoms with Crippen molar-refractivity contribution >= 4 is 6.09 Å². The van der Waals surface area contributed by atoms with Gasteiger partial charge in [-0.05, 0) is 35.1 Å². The van der Waals surface area contributed by atoms with Crippen LogP contribution in [-0.2, 0) is 40.2 Å². The van der Waals surface area contributed by atoms with Crippen LogP contribution in [0.1, 0.15) is 28.7 Å². The quantitative estimate of drug-likeness (QED) is 0.153. The Morgan fingerprint density at radius 2 is 1.07 bits per heavy atom. The summed E-state index contributed by atoms with van der Waals surface area (Å²) in [5.74, 6) is 0. The normalized spacial score (nSPS) is 27.0. The lowest BCUT2D eigenvalue weighted by molar-refractivity contribution is -0.456. The molecule has 0 bridgehead atoms. The highest BCUT2D eigenvalue weighted by Crippen LogP contribution is 2.50. The van der Waals surface area contributed by atoms with Gasteiger partial charge in [0.1, 0.15) is 11.2 Å². The molecule has 1 heterocycles. The lowest BCUT2D eigenvalue weighted by Crippen LogP contribution is -2.82. The summed E-state index contributed by atoms with van der Waals surface area (Å²) < 4.78 is 6.35. The Morgan fingerprint density at radius 1 is 0.651 bits per heavy atom. The predicted molar refractivity (Wildman–Crippen MR) is 160 cm³/mol. The van der Waals surface area contributed by atoms with Crippen LogP contribution in [-0.4, -0.2) is 50.6 Å². The third-order valence-electron chi connectivity index (χ3n) is 8.33. The minimum atomic E-state index is -2.33. The van der Waals surface area contributed by atoms with Crippen LogP contribution in [0.3, 0.4) is 0 Å². The number of carbonyl (C=O) groups is 1. The summed E-state index contributed by atoms with van der Waals surface area (Å²) in [6, 6.07) is 37.1. The first-order valence-electron chi connectivity index (χ1n) is 14.3. The van der Waals surface area contributed by atoms with E-state index < -0.39 is 35.3 Å². The van der Waals surface area contributed by atoms with E-state index in [1.54, 1.807) is 24.3 Å². The van der Waals surface area contributed by atoms with Crippen LogP contribution in [0, 0.1) is 0 Å². The average Bonchev–Trinajstić information content (AvgIpc) is 3.01. The molecule has 0 radical (unpaired) electrons. The molecule has 0 saturated carbocycles. The molecule has 43 heavy (non-hydrogen) atoms. The van der Waals surface area contributed by atoms with E-state index in [-0.39, 0.29) is 25.7 Å². The molecule has 1 aliphatic heterocycles. The molecular formula is C35H37NO7. The second kappa shape index (κ2) is 13.1. The minimum absolute atomic E-state index is 0.0445. The number of hydrogen-bond donors (Lipinski definition) is 4. The number of benzene rings is 4. The summed E-state index contributed by atoms with van der Waals surface area (Å²) in [6.07, 6.45) is -3.69. The van der Waals surface area contributed by atoms with Crippen molar-refractivity contribution in [1.29, 1.82) is 0 Å². The number of ether oxygens (including phenoxy) is 1. The van der Waals surface area contributed by atoms with Gasteiger partial charge in [-0.25, -0.2) is 4.79 Å². The summed E-state index contributed by atoms with van der Waals surface area (Å²) in [6.45, 7) is 0. The molecule has 0 aromatic heterocycles. The number of nitrogens with two attached hydrogens (primary N) is 1. The van der Waals surface area contributed by atoms with Gasteiger partial charge in [-0.3, -0.25) is 4.89 Å². The third-order valence-corrected chi connectivity index (χ3v) is 8.33. The maximum Gasteiger partial charge on any atom is 0.436 e. The maximum atomic E-state index is 13.1. The van der Waals surface area contributed by atoms with Gasteiger partial charge in [0.25, 0.3) is 0 Å². The summed E-state index contributed by atoms with van der Waals surface area (Å²) in [5, 5.41) is 38.7. The van der Waals surface area contributed by atoms with Crippen LogP contribution >= 0.6 is 0 Å². The minimum Gasteiger partial charge on any atom is -0.384 e. The van der Waals surface area contributed by atoms with Gasteiger partial charge < -0.3 is 25.8 Å². The number of aryl methyl sites for hydroxylation is 1. The van der Waals surface area contributed by atoms with E-state index in [1.807, 2.05) is 97.1 Å². The average molecular weight is 584 g/mol. The van der Waals surface area contributed by atoms with Crippen LogP contribution in [0.2, 0.25) is 0 Å². The molecule has 5 atom stereocenters. The Hall–Kier alpha value is -4.05. The van der Waals surface area contributed by atoms with Gasteiger partial charge in [-0.2, -0.15) is 0 Å². The molecule has 1 aliphatic rings. The van der Waals surface area contributed by atoms with Crippen molar-refractivity contribution in [1.82, 2.24) is 0 Å². The lowest BCUT2D eigenvalue weighted by Gasteiger charge is -2.60. The molecule has 1 saturated heterocycles. The van der Waals surface area contributed by atoms with Crippen LogP contribution in [0.15, 0.2) is 121 Å². The predicted octanol–water partition coefficient (Wildman–Crippen LogP) is 4.29. The van der Waals surface area contributed by atoms with Gasteiger partial charge in [0.2, 0.25) is 6.29 Å². The van der Waals surface area contributed by atoms with Gasteiger partial charge in [0, 0.05) is 19.3 Å². The van der Waals surface area contributed by atoms with Gasteiger partial charge in [0.15, 0.2) is 5.60 Å². The van der Waals surface area contributed by atoms with Crippen molar-refractivity contribution in [3.63, 3.8) is 0 Å². The molecule has 8 nitrogen and oxygen atoms in total. The Bertz CT molecular complexity index is 1460. The Labute approximate surface area is 251 Å². The zero-order valence-corrected chi connectivity index (χ0v) is 23.8. The number of rotatable bonds is 11. The number of amides is 1. The molecule has 0 spiro atoms. The van der Waals surface area contributed by atoms with Crippen LogP contribution in [0.25, 0.3) is 0 Å². The van der Waals surface area contributed by atoms with E-state index in [9.17, 15) is 20.1 Å². The van der Waals surface area contributed by atoms with Crippen molar-refractivity contribution < 1.29 is 34.6 Å². The number of primary amides is 1. The molecule has 0 aliphatic carbocycles. The summed E-state index contributed by atoms with van der Waals surface area (Å²) in [7, 11) is 0. The lowest BCUT2D eigenvalue weighted by atomic mass is 9.59. The Morgan fingerprint density at radius 3 is 1.53 bits per heavy atom. The molecule has 0 unspecified atom stereocenters. The van der Waals surface area contributed by atoms with Gasteiger partial charge in [-0.15, -0.1) is 4.89 Å². The van der Waals surface area contributed by atoms with Crippen LogP contribution < -0.4 is 5.73 Å². The van der Waals surface area contributed by atoms with Crippen LogP contribution in [0.4, 0.5) is 4.79 Å². The fourth-order valence-corrected chi connectivity index (χ4v) is 6.15. The Balaban J connectivity index is 1.67. The summed E-state index contributed by atoms with van der Waals surface area (Å²) in [5.41, 5.74) is 1.60.